The van der Waals surface area contributed by atoms with Gasteiger partial charge in [0.2, 0.25) is 0 Å². The molecule has 0 saturated heterocycles. The monoisotopic (exact) mass is 497 g/mol. The molecule has 0 fully saturated rings. The van der Waals surface area contributed by atoms with Crippen LogP contribution in [0, 0.1) is 0 Å². The van der Waals surface area contributed by atoms with Gasteiger partial charge >= 0.3 is 11.9 Å². The molecule has 0 amide bonds. The highest BCUT2D eigenvalue weighted by atomic mass is 16.4. The first-order chi connectivity index (χ1) is 18.5. The Morgan fingerprint density at radius 2 is 0.789 bits per heavy atom. The maximum atomic E-state index is 11.5. The minimum absolute atomic E-state index is 0.315. The molecule has 38 heavy (non-hydrogen) atoms. The van der Waals surface area contributed by atoms with Gasteiger partial charge in [0.05, 0.1) is 0 Å². The smallest absolute Gasteiger partial charge is 0.354 e. The van der Waals surface area contributed by atoms with Gasteiger partial charge in [0, 0.05) is 0 Å². The van der Waals surface area contributed by atoms with Gasteiger partial charge in [0.15, 0.2) is 0 Å². The van der Waals surface area contributed by atoms with Crippen LogP contribution < -0.4 is 0 Å². The molecule has 0 unspecified atom stereocenters. The molecule has 5 aromatic rings. The van der Waals surface area contributed by atoms with E-state index in [1.54, 1.807) is 0 Å². The van der Waals surface area contributed by atoms with E-state index in [0.29, 0.717) is 11.1 Å². The Hall–Kier alpha value is -5.29. The number of hydrogen-bond donors (Lipinski definition) is 2. The number of carboxylic acid groups (broad SMARTS) is 2. The predicted octanol–water partition coefficient (Wildman–Crippen LogP) is 7.15. The first-order valence-electron chi connectivity index (χ1n) is 12.0. The van der Waals surface area contributed by atoms with Gasteiger partial charge < -0.3 is 10.2 Å². The molecule has 5 nitrogen and oxygen atoms in total. The van der Waals surface area contributed by atoms with Gasteiger partial charge in [-0.3, -0.25) is 0 Å². The standard InChI is InChI=1S/C33H23NO4/c35-32(36)28-20-27(21-29(34-28)33(37)38)22-16-18-26(19-17-22)31(25-14-8-3-9-15-25)30(23-10-4-1-5-11-23)24-12-6-2-7-13-24/h1-21H,(H,35,36)(H,37,38). The average Bonchev–Trinajstić information content (AvgIpc) is 2.97. The van der Waals surface area contributed by atoms with E-state index in [0.717, 1.165) is 33.4 Å². The van der Waals surface area contributed by atoms with Crippen LogP contribution in [0.15, 0.2) is 127 Å². The molecule has 0 bridgehead atoms. The van der Waals surface area contributed by atoms with Gasteiger partial charge in [-0.15, -0.1) is 0 Å². The predicted molar refractivity (Wildman–Crippen MR) is 148 cm³/mol. The zero-order valence-electron chi connectivity index (χ0n) is 20.3. The summed E-state index contributed by atoms with van der Waals surface area (Å²) in [6.45, 7) is 0. The summed E-state index contributed by atoms with van der Waals surface area (Å²) in [7, 11) is 0. The fraction of sp³-hybridized carbons (Fsp3) is 0. The van der Waals surface area contributed by atoms with Crippen molar-refractivity contribution >= 4 is 23.1 Å². The van der Waals surface area contributed by atoms with E-state index in [4.69, 9.17) is 0 Å². The van der Waals surface area contributed by atoms with E-state index >= 15 is 0 Å². The molecule has 0 aliphatic rings. The van der Waals surface area contributed by atoms with Crippen molar-refractivity contribution in [3.05, 3.63) is 161 Å². The van der Waals surface area contributed by atoms with Crippen LogP contribution in [0.5, 0.6) is 0 Å². The van der Waals surface area contributed by atoms with Crippen molar-refractivity contribution in [2.24, 2.45) is 0 Å². The molecular formula is C33H23NO4. The van der Waals surface area contributed by atoms with E-state index in [2.05, 4.69) is 41.4 Å². The van der Waals surface area contributed by atoms with Gasteiger partial charge in [-0.1, -0.05) is 115 Å². The largest absolute Gasteiger partial charge is 0.477 e. The highest BCUT2D eigenvalue weighted by molar-refractivity contribution is 6.04. The first kappa shape index (κ1) is 24.4. The number of carboxylic acids is 2. The van der Waals surface area contributed by atoms with Crippen molar-refractivity contribution in [2.75, 3.05) is 0 Å². The Bertz CT molecular complexity index is 1550. The lowest BCUT2D eigenvalue weighted by Gasteiger charge is -2.18. The van der Waals surface area contributed by atoms with Gasteiger partial charge in [-0.25, -0.2) is 14.6 Å². The molecule has 4 aromatic carbocycles. The van der Waals surface area contributed by atoms with Crippen molar-refractivity contribution in [3.8, 4) is 11.1 Å². The first-order valence-corrected chi connectivity index (χ1v) is 12.0. The van der Waals surface area contributed by atoms with E-state index in [1.165, 1.54) is 12.1 Å². The Morgan fingerprint density at radius 1 is 0.447 bits per heavy atom. The molecule has 0 saturated carbocycles. The quantitative estimate of drug-likeness (QED) is 0.233. The zero-order valence-corrected chi connectivity index (χ0v) is 20.3. The normalized spacial score (nSPS) is 10.5. The second-order valence-electron chi connectivity index (χ2n) is 8.66. The van der Waals surface area contributed by atoms with Crippen molar-refractivity contribution in [2.45, 2.75) is 0 Å². The van der Waals surface area contributed by atoms with Crippen molar-refractivity contribution in [3.63, 3.8) is 0 Å². The van der Waals surface area contributed by atoms with Gasteiger partial charge in [0.25, 0.3) is 0 Å². The van der Waals surface area contributed by atoms with Crippen LogP contribution in [0.4, 0.5) is 0 Å². The molecule has 2 N–H and O–H groups in total. The fourth-order valence-corrected chi connectivity index (χ4v) is 4.47. The fourth-order valence-electron chi connectivity index (χ4n) is 4.47. The highest BCUT2D eigenvalue weighted by Crippen LogP contribution is 2.37. The van der Waals surface area contributed by atoms with E-state index in [9.17, 15) is 19.8 Å². The Labute approximate surface area is 220 Å². The number of aromatic nitrogens is 1. The van der Waals surface area contributed by atoms with E-state index in [-0.39, 0.29) is 11.4 Å². The summed E-state index contributed by atoms with van der Waals surface area (Å²) in [6, 6.07) is 41.1. The van der Waals surface area contributed by atoms with E-state index < -0.39 is 11.9 Å². The maximum absolute atomic E-state index is 11.5. The molecule has 0 aliphatic heterocycles. The van der Waals surface area contributed by atoms with Crippen molar-refractivity contribution in [1.29, 1.82) is 0 Å². The molecule has 5 rings (SSSR count). The molecular weight excluding hydrogens is 474 g/mol. The second kappa shape index (κ2) is 10.8. The Morgan fingerprint density at radius 3 is 1.13 bits per heavy atom. The number of carbonyl (C=O) groups is 2. The molecule has 1 heterocycles. The molecule has 0 aliphatic carbocycles. The van der Waals surface area contributed by atoms with Crippen LogP contribution >= 0.6 is 0 Å². The Kier molecular flexibility index (Phi) is 6.91. The number of pyridine rings is 1. The van der Waals surface area contributed by atoms with Crippen LogP contribution in [0.1, 0.15) is 43.2 Å². The molecule has 1 aromatic heterocycles. The molecule has 184 valence electrons. The summed E-state index contributed by atoms with van der Waals surface area (Å²) in [5.41, 5.74) is 6.82. The van der Waals surface area contributed by atoms with E-state index in [1.807, 2.05) is 78.9 Å². The van der Waals surface area contributed by atoms with Crippen LogP contribution in [-0.4, -0.2) is 27.1 Å². The zero-order chi connectivity index (χ0) is 26.5. The van der Waals surface area contributed by atoms with Crippen molar-refractivity contribution in [1.82, 2.24) is 4.98 Å². The molecule has 0 spiro atoms. The van der Waals surface area contributed by atoms with Gasteiger partial charge in [0.1, 0.15) is 11.4 Å². The Balaban J connectivity index is 1.72. The lowest BCUT2D eigenvalue weighted by atomic mass is 9.85. The third-order valence-electron chi connectivity index (χ3n) is 6.21. The minimum atomic E-state index is -1.28. The highest BCUT2D eigenvalue weighted by Gasteiger charge is 2.17. The topological polar surface area (TPSA) is 87.5 Å². The molecule has 0 atom stereocenters. The number of hydrogen-bond acceptors (Lipinski definition) is 3. The number of aromatic carboxylic acids is 2. The molecule has 0 radical (unpaired) electrons. The van der Waals surface area contributed by atoms with Gasteiger partial charge in [-0.2, -0.15) is 0 Å². The summed E-state index contributed by atoms with van der Waals surface area (Å²) < 4.78 is 0. The molecule has 5 heteroatoms. The van der Waals surface area contributed by atoms with Crippen LogP contribution in [-0.2, 0) is 0 Å². The lowest BCUT2D eigenvalue weighted by molar-refractivity contribution is 0.0685. The van der Waals surface area contributed by atoms with Crippen LogP contribution in [0.3, 0.4) is 0 Å². The third kappa shape index (κ3) is 5.13. The van der Waals surface area contributed by atoms with Crippen molar-refractivity contribution < 1.29 is 19.8 Å². The third-order valence-corrected chi connectivity index (χ3v) is 6.21. The van der Waals surface area contributed by atoms with Crippen LogP contribution in [0.2, 0.25) is 0 Å². The average molecular weight is 498 g/mol. The van der Waals surface area contributed by atoms with Gasteiger partial charge in [-0.05, 0) is 56.7 Å². The summed E-state index contributed by atoms with van der Waals surface area (Å²) in [6.07, 6.45) is 0. The summed E-state index contributed by atoms with van der Waals surface area (Å²) in [4.78, 5) is 26.8. The summed E-state index contributed by atoms with van der Waals surface area (Å²) in [5, 5.41) is 18.8. The summed E-state index contributed by atoms with van der Waals surface area (Å²) in [5.74, 6) is -2.56. The van der Waals surface area contributed by atoms with Crippen LogP contribution in [0.25, 0.3) is 22.3 Å². The second-order valence-corrected chi connectivity index (χ2v) is 8.66. The number of rotatable bonds is 7. The minimum Gasteiger partial charge on any atom is -0.477 e. The summed E-state index contributed by atoms with van der Waals surface area (Å²) >= 11 is 0. The lowest BCUT2D eigenvalue weighted by Crippen LogP contribution is -2.07. The number of benzene rings is 4. The number of nitrogens with zero attached hydrogens (tertiary/aromatic N) is 1. The SMILES string of the molecule is O=C(O)c1cc(-c2ccc(C(=C(c3ccccc3)c3ccccc3)c3ccccc3)cc2)cc(C(=O)O)n1. The maximum Gasteiger partial charge on any atom is 0.354 e.